The molecule has 1 aliphatic carbocycles. The van der Waals surface area contributed by atoms with Crippen molar-refractivity contribution >= 4 is 5.91 Å². The van der Waals surface area contributed by atoms with Gasteiger partial charge in [-0.2, -0.15) is 0 Å². The zero-order valence-electron chi connectivity index (χ0n) is 11.5. The number of amides is 1. The van der Waals surface area contributed by atoms with E-state index >= 15 is 0 Å². The fourth-order valence-corrected chi connectivity index (χ4v) is 2.65. The molecule has 1 aromatic rings. The molecule has 0 spiro atoms. The van der Waals surface area contributed by atoms with Crippen LogP contribution in [-0.2, 0) is 0 Å². The van der Waals surface area contributed by atoms with Crippen LogP contribution in [0.2, 0.25) is 0 Å². The maximum Gasteiger partial charge on any atom is 0.254 e. The Balaban J connectivity index is 2.13. The highest BCUT2D eigenvalue weighted by Gasteiger charge is 2.29. The van der Waals surface area contributed by atoms with Gasteiger partial charge in [0.2, 0.25) is 0 Å². The molecule has 1 aromatic carbocycles. The Labute approximate surface area is 114 Å². The van der Waals surface area contributed by atoms with Crippen molar-refractivity contribution in [1.82, 2.24) is 4.90 Å². The van der Waals surface area contributed by atoms with E-state index in [1.165, 1.54) is 0 Å². The van der Waals surface area contributed by atoms with Crippen LogP contribution in [0.15, 0.2) is 24.3 Å². The summed E-state index contributed by atoms with van der Waals surface area (Å²) in [5.41, 5.74) is 0.597. The Bertz CT molecular complexity index is 447. The number of rotatable bonds is 3. The van der Waals surface area contributed by atoms with Crippen LogP contribution in [0.5, 0.6) is 5.75 Å². The second kappa shape index (κ2) is 6.06. The first kappa shape index (κ1) is 13.9. The second-order valence-electron chi connectivity index (χ2n) is 5.07. The minimum atomic E-state index is -0.409. The molecule has 1 aliphatic rings. The first-order valence-corrected chi connectivity index (χ1v) is 6.72. The predicted octanol–water partition coefficient (Wildman–Crippen LogP) is 2.07. The van der Waals surface area contributed by atoms with Gasteiger partial charge in [-0.05, 0) is 31.0 Å². The van der Waals surface area contributed by atoms with E-state index in [0.717, 1.165) is 25.7 Å². The van der Waals surface area contributed by atoms with Gasteiger partial charge in [-0.1, -0.05) is 18.9 Å². The molecule has 19 heavy (non-hydrogen) atoms. The molecule has 104 valence electrons. The monoisotopic (exact) mass is 263 g/mol. The van der Waals surface area contributed by atoms with Crippen LogP contribution in [0.3, 0.4) is 0 Å². The van der Waals surface area contributed by atoms with Crippen LogP contribution in [0.25, 0.3) is 0 Å². The number of likely N-dealkylation sites (N-methyl/N-ethyl adjacent to an activating group) is 1. The molecule has 0 saturated heterocycles. The van der Waals surface area contributed by atoms with Gasteiger partial charge in [0.15, 0.2) is 0 Å². The molecule has 4 heteroatoms. The zero-order chi connectivity index (χ0) is 13.8. The smallest absolute Gasteiger partial charge is 0.254 e. The lowest BCUT2D eigenvalue weighted by Gasteiger charge is -2.35. The number of aliphatic hydroxyl groups is 1. The van der Waals surface area contributed by atoms with Crippen molar-refractivity contribution in [2.45, 2.75) is 37.8 Å². The Hall–Kier alpha value is -1.55. The van der Waals surface area contributed by atoms with Crippen molar-refractivity contribution in [3.8, 4) is 5.75 Å². The average Bonchev–Trinajstić information content (AvgIpc) is 2.46. The van der Waals surface area contributed by atoms with E-state index < -0.39 is 6.10 Å². The van der Waals surface area contributed by atoms with Gasteiger partial charge in [-0.15, -0.1) is 0 Å². The number of methoxy groups -OCH3 is 1. The van der Waals surface area contributed by atoms with Gasteiger partial charge < -0.3 is 14.7 Å². The highest BCUT2D eigenvalue weighted by molar-refractivity contribution is 5.94. The molecular weight excluding hydrogens is 242 g/mol. The van der Waals surface area contributed by atoms with E-state index in [0.29, 0.717) is 11.3 Å². The highest BCUT2D eigenvalue weighted by atomic mass is 16.5. The average molecular weight is 263 g/mol. The van der Waals surface area contributed by atoms with Crippen LogP contribution in [0.1, 0.15) is 36.0 Å². The van der Waals surface area contributed by atoms with Crippen LogP contribution < -0.4 is 4.74 Å². The summed E-state index contributed by atoms with van der Waals surface area (Å²) in [6.07, 6.45) is 3.35. The largest absolute Gasteiger partial charge is 0.497 e. The molecule has 0 unspecified atom stereocenters. The number of hydrogen-bond donors (Lipinski definition) is 1. The zero-order valence-corrected chi connectivity index (χ0v) is 11.5. The molecule has 0 aliphatic heterocycles. The van der Waals surface area contributed by atoms with Gasteiger partial charge in [-0.3, -0.25) is 4.79 Å². The number of carbonyl (C=O) groups excluding carboxylic acids is 1. The van der Waals surface area contributed by atoms with E-state index in [1.807, 2.05) is 6.07 Å². The van der Waals surface area contributed by atoms with Gasteiger partial charge in [0, 0.05) is 12.6 Å². The minimum Gasteiger partial charge on any atom is -0.497 e. The standard InChI is InChI=1S/C15H21NO3/c1-16(13-8-3-4-9-14(13)17)15(18)11-6-5-7-12(10-11)19-2/h5-7,10,13-14,17H,3-4,8-9H2,1-2H3/t13-,14+/m1/s1. The number of hydrogen-bond acceptors (Lipinski definition) is 3. The van der Waals surface area contributed by atoms with Crippen LogP contribution in [0, 0.1) is 0 Å². The Morgan fingerprint density at radius 3 is 2.79 bits per heavy atom. The quantitative estimate of drug-likeness (QED) is 0.908. The Kier molecular flexibility index (Phi) is 4.43. The molecule has 1 amide bonds. The lowest BCUT2D eigenvalue weighted by Crippen LogP contribution is -2.46. The number of carbonyl (C=O) groups is 1. The first-order valence-electron chi connectivity index (χ1n) is 6.72. The number of aliphatic hydroxyl groups excluding tert-OH is 1. The molecule has 0 aromatic heterocycles. The maximum atomic E-state index is 12.4. The number of benzene rings is 1. The van der Waals surface area contributed by atoms with Gasteiger partial charge >= 0.3 is 0 Å². The van der Waals surface area contributed by atoms with Gasteiger partial charge in [0.05, 0.1) is 19.3 Å². The molecule has 2 atom stereocenters. The molecule has 1 N–H and O–H groups in total. The Morgan fingerprint density at radius 2 is 2.11 bits per heavy atom. The third-order valence-corrected chi connectivity index (χ3v) is 3.83. The topological polar surface area (TPSA) is 49.8 Å². The van der Waals surface area contributed by atoms with Gasteiger partial charge in [0.1, 0.15) is 5.75 Å². The van der Waals surface area contributed by atoms with Crippen LogP contribution in [0.4, 0.5) is 0 Å². The molecule has 1 saturated carbocycles. The molecule has 0 bridgehead atoms. The summed E-state index contributed by atoms with van der Waals surface area (Å²) in [7, 11) is 3.35. The van der Waals surface area contributed by atoms with Crippen molar-refractivity contribution in [3.05, 3.63) is 29.8 Å². The summed E-state index contributed by atoms with van der Waals surface area (Å²) < 4.78 is 5.13. The fraction of sp³-hybridized carbons (Fsp3) is 0.533. The first-order chi connectivity index (χ1) is 9.13. The van der Waals surface area contributed by atoms with Gasteiger partial charge in [0.25, 0.3) is 5.91 Å². The normalized spacial score (nSPS) is 22.9. The van der Waals surface area contributed by atoms with E-state index in [-0.39, 0.29) is 11.9 Å². The summed E-state index contributed by atoms with van der Waals surface area (Å²) in [6.45, 7) is 0. The summed E-state index contributed by atoms with van der Waals surface area (Å²) in [4.78, 5) is 14.1. The van der Waals surface area contributed by atoms with E-state index in [1.54, 1.807) is 37.3 Å². The van der Waals surface area contributed by atoms with Crippen molar-refractivity contribution in [2.24, 2.45) is 0 Å². The molecular formula is C15H21NO3. The molecule has 1 fully saturated rings. The fourth-order valence-electron chi connectivity index (χ4n) is 2.65. The molecule has 0 heterocycles. The minimum absolute atomic E-state index is 0.0650. The van der Waals surface area contributed by atoms with Crippen LogP contribution in [-0.4, -0.2) is 42.2 Å². The summed E-state index contributed by atoms with van der Waals surface area (Å²) in [5, 5.41) is 10.0. The summed E-state index contributed by atoms with van der Waals surface area (Å²) in [6, 6.07) is 7.04. The third kappa shape index (κ3) is 3.07. The predicted molar refractivity (Wildman–Crippen MR) is 73.4 cm³/mol. The van der Waals surface area contributed by atoms with Crippen LogP contribution >= 0.6 is 0 Å². The van der Waals surface area contributed by atoms with E-state index in [2.05, 4.69) is 0 Å². The summed E-state index contributed by atoms with van der Waals surface area (Å²) in [5.74, 6) is 0.605. The SMILES string of the molecule is COc1cccc(C(=O)N(C)[C@@H]2CCCC[C@@H]2O)c1. The lowest BCUT2D eigenvalue weighted by atomic mass is 9.91. The molecule has 4 nitrogen and oxygen atoms in total. The number of ether oxygens (including phenoxy) is 1. The summed E-state index contributed by atoms with van der Waals surface area (Å²) >= 11 is 0. The van der Waals surface area contributed by atoms with E-state index in [4.69, 9.17) is 4.74 Å². The highest BCUT2D eigenvalue weighted by Crippen LogP contribution is 2.24. The number of nitrogens with zero attached hydrogens (tertiary/aromatic N) is 1. The molecule has 2 rings (SSSR count). The lowest BCUT2D eigenvalue weighted by molar-refractivity contribution is 0.0268. The molecule has 0 radical (unpaired) electrons. The maximum absolute atomic E-state index is 12.4. The Morgan fingerprint density at radius 1 is 1.37 bits per heavy atom. The van der Waals surface area contributed by atoms with Crippen molar-refractivity contribution in [1.29, 1.82) is 0 Å². The van der Waals surface area contributed by atoms with Crippen molar-refractivity contribution in [3.63, 3.8) is 0 Å². The van der Waals surface area contributed by atoms with E-state index in [9.17, 15) is 9.90 Å². The third-order valence-electron chi connectivity index (χ3n) is 3.83. The second-order valence-corrected chi connectivity index (χ2v) is 5.07. The van der Waals surface area contributed by atoms with Crippen molar-refractivity contribution < 1.29 is 14.6 Å². The van der Waals surface area contributed by atoms with Gasteiger partial charge in [-0.25, -0.2) is 0 Å². The van der Waals surface area contributed by atoms with Crippen molar-refractivity contribution in [2.75, 3.05) is 14.2 Å².